The Bertz CT molecular complexity index is 569. The Balaban J connectivity index is 2.38. The number of aromatic nitrogens is 2. The van der Waals surface area contributed by atoms with E-state index in [4.69, 9.17) is 26.6 Å². The zero-order valence-electron chi connectivity index (χ0n) is 11.1. The summed E-state index contributed by atoms with van der Waals surface area (Å²) in [4.78, 5) is 4.33. The average Bonchev–Trinajstić information content (AvgIpc) is 2.82. The lowest BCUT2D eigenvalue weighted by Crippen LogP contribution is -2.10. The Morgan fingerprint density at radius 1 is 1.37 bits per heavy atom. The van der Waals surface area contributed by atoms with Gasteiger partial charge in [-0.25, -0.2) is 0 Å². The molecule has 0 bridgehead atoms. The van der Waals surface area contributed by atoms with Crippen LogP contribution >= 0.6 is 11.6 Å². The molecule has 1 aromatic carbocycles. The van der Waals surface area contributed by atoms with Crippen molar-refractivity contribution in [1.29, 1.82) is 0 Å². The molecular formula is C13H16ClN3O2. The minimum absolute atomic E-state index is 0.211. The molecule has 0 saturated carbocycles. The van der Waals surface area contributed by atoms with Crippen molar-refractivity contribution in [2.24, 2.45) is 5.92 Å². The highest BCUT2D eigenvalue weighted by Crippen LogP contribution is 2.30. The SMILES string of the molecule is COC(c1noc(-c2cc(N)ccc2Cl)n1)C(C)C. The summed E-state index contributed by atoms with van der Waals surface area (Å²) in [6, 6.07) is 5.12. The molecular weight excluding hydrogens is 266 g/mol. The first-order valence-electron chi connectivity index (χ1n) is 5.94. The highest BCUT2D eigenvalue weighted by atomic mass is 35.5. The third-order valence-corrected chi connectivity index (χ3v) is 3.11. The quantitative estimate of drug-likeness (QED) is 0.870. The van der Waals surface area contributed by atoms with E-state index in [1.54, 1.807) is 25.3 Å². The van der Waals surface area contributed by atoms with Gasteiger partial charge in [-0.1, -0.05) is 30.6 Å². The van der Waals surface area contributed by atoms with Crippen molar-refractivity contribution in [3.05, 3.63) is 29.0 Å². The maximum Gasteiger partial charge on any atom is 0.259 e. The molecule has 2 N–H and O–H groups in total. The summed E-state index contributed by atoms with van der Waals surface area (Å²) in [7, 11) is 1.62. The van der Waals surface area contributed by atoms with Gasteiger partial charge in [0.1, 0.15) is 6.10 Å². The second-order valence-electron chi connectivity index (χ2n) is 4.60. The number of rotatable bonds is 4. The van der Waals surface area contributed by atoms with Gasteiger partial charge < -0.3 is 15.0 Å². The number of nitrogens with two attached hydrogens (primary N) is 1. The molecule has 102 valence electrons. The third kappa shape index (κ3) is 2.88. The van der Waals surface area contributed by atoms with Crippen LogP contribution in [-0.4, -0.2) is 17.3 Å². The molecule has 1 atom stereocenters. The predicted octanol–water partition coefficient (Wildman–Crippen LogP) is 3.32. The zero-order valence-corrected chi connectivity index (χ0v) is 11.8. The van der Waals surface area contributed by atoms with Gasteiger partial charge in [0.15, 0.2) is 0 Å². The van der Waals surface area contributed by atoms with Crippen molar-refractivity contribution in [1.82, 2.24) is 10.1 Å². The van der Waals surface area contributed by atoms with E-state index >= 15 is 0 Å². The molecule has 0 amide bonds. The number of methoxy groups -OCH3 is 1. The lowest BCUT2D eigenvalue weighted by Gasteiger charge is -2.14. The lowest BCUT2D eigenvalue weighted by molar-refractivity contribution is 0.0556. The van der Waals surface area contributed by atoms with Crippen molar-refractivity contribution < 1.29 is 9.26 Å². The monoisotopic (exact) mass is 281 g/mol. The number of anilines is 1. The molecule has 6 heteroatoms. The molecule has 0 aliphatic heterocycles. The molecule has 5 nitrogen and oxygen atoms in total. The van der Waals surface area contributed by atoms with Crippen molar-refractivity contribution in [3.8, 4) is 11.5 Å². The summed E-state index contributed by atoms with van der Waals surface area (Å²) in [5, 5.41) is 4.46. The Morgan fingerprint density at radius 3 is 2.74 bits per heavy atom. The second kappa shape index (κ2) is 5.59. The van der Waals surface area contributed by atoms with Crippen molar-refractivity contribution >= 4 is 17.3 Å². The van der Waals surface area contributed by atoms with Crippen molar-refractivity contribution in [3.63, 3.8) is 0 Å². The molecule has 1 aromatic heterocycles. The number of hydrogen-bond acceptors (Lipinski definition) is 5. The third-order valence-electron chi connectivity index (χ3n) is 2.78. The van der Waals surface area contributed by atoms with Crippen LogP contribution in [0, 0.1) is 5.92 Å². The molecule has 0 aliphatic rings. The fourth-order valence-corrected chi connectivity index (χ4v) is 2.04. The number of nitrogen functional groups attached to an aromatic ring is 1. The van der Waals surface area contributed by atoms with E-state index in [2.05, 4.69) is 10.1 Å². The van der Waals surface area contributed by atoms with Gasteiger partial charge in [0.05, 0.1) is 10.6 Å². The van der Waals surface area contributed by atoms with Gasteiger partial charge in [-0.15, -0.1) is 0 Å². The van der Waals surface area contributed by atoms with E-state index in [0.717, 1.165) is 0 Å². The van der Waals surface area contributed by atoms with Gasteiger partial charge in [0, 0.05) is 12.8 Å². The van der Waals surface area contributed by atoms with Crippen molar-refractivity contribution in [2.45, 2.75) is 20.0 Å². The molecule has 1 heterocycles. The van der Waals surface area contributed by atoms with E-state index in [1.807, 2.05) is 13.8 Å². The molecule has 0 aliphatic carbocycles. The minimum Gasteiger partial charge on any atom is -0.399 e. The first kappa shape index (κ1) is 13.8. The number of benzene rings is 1. The molecule has 2 aromatic rings. The number of halogens is 1. The normalized spacial score (nSPS) is 12.9. The van der Waals surface area contributed by atoms with Crippen LogP contribution in [0.4, 0.5) is 5.69 Å². The highest BCUT2D eigenvalue weighted by Gasteiger charge is 2.22. The smallest absolute Gasteiger partial charge is 0.259 e. The highest BCUT2D eigenvalue weighted by molar-refractivity contribution is 6.33. The minimum atomic E-state index is -0.211. The largest absolute Gasteiger partial charge is 0.399 e. The Hall–Kier alpha value is -1.59. The summed E-state index contributed by atoms with van der Waals surface area (Å²) in [6.07, 6.45) is -0.211. The first-order chi connectivity index (χ1) is 9.02. The summed E-state index contributed by atoms with van der Waals surface area (Å²) in [6.45, 7) is 4.05. The fourth-order valence-electron chi connectivity index (χ4n) is 1.84. The molecule has 0 spiro atoms. The molecule has 0 radical (unpaired) electrons. The van der Waals surface area contributed by atoms with Crippen LogP contribution in [0.1, 0.15) is 25.8 Å². The molecule has 19 heavy (non-hydrogen) atoms. The van der Waals surface area contributed by atoms with E-state index in [9.17, 15) is 0 Å². The molecule has 2 rings (SSSR count). The van der Waals surface area contributed by atoms with E-state index < -0.39 is 0 Å². The maximum atomic E-state index is 6.10. The van der Waals surface area contributed by atoms with Gasteiger partial charge in [-0.3, -0.25) is 0 Å². The standard InChI is InChI=1S/C13H16ClN3O2/c1-7(2)11(18-3)12-16-13(19-17-12)9-6-8(15)4-5-10(9)14/h4-7,11H,15H2,1-3H3. The van der Waals surface area contributed by atoms with Crippen LogP contribution in [0.2, 0.25) is 5.02 Å². The van der Waals surface area contributed by atoms with Crippen LogP contribution in [0.3, 0.4) is 0 Å². The lowest BCUT2D eigenvalue weighted by atomic mass is 10.1. The predicted molar refractivity (Wildman–Crippen MR) is 73.7 cm³/mol. The van der Waals surface area contributed by atoms with Crippen molar-refractivity contribution in [2.75, 3.05) is 12.8 Å². The fraction of sp³-hybridized carbons (Fsp3) is 0.385. The van der Waals surface area contributed by atoms with Crippen LogP contribution in [0.15, 0.2) is 22.7 Å². The van der Waals surface area contributed by atoms with Crippen LogP contribution < -0.4 is 5.73 Å². The number of nitrogens with zero attached hydrogens (tertiary/aromatic N) is 2. The number of hydrogen-bond donors (Lipinski definition) is 1. The average molecular weight is 282 g/mol. The molecule has 0 saturated heterocycles. The number of ether oxygens (including phenoxy) is 1. The maximum absolute atomic E-state index is 6.10. The van der Waals surface area contributed by atoms with E-state index in [1.165, 1.54) is 0 Å². The summed E-state index contributed by atoms with van der Waals surface area (Å²) in [5.41, 5.74) is 6.95. The summed E-state index contributed by atoms with van der Waals surface area (Å²) >= 11 is 6.10. The zero-order chi connectivity index (χ0) is 14.0. The van der Waals surface area contributed by atoms with Gasteiger partial charge in [0.25, 0.3) is 5.89 Å². The van der Waals surface area contributed by atoms with E-state index in [0.29, 0.717) is 28.0 Å². The Labute approximate surface area is 116 Å². The first-order valence-corrected chi connectivity index (χ1v) is 6.32. The van der Waals surface area contributed by atoms with Crippen LogP contribution in [0.5, 0.6) is 0 Å². The van der Waals surface area contributed by atoms with Gasteiger partial charge >= 0.3 is 0 Å². The Kier molecular flexibility index (Phi) is 4.07. The van der Waals surface area contributed by atoms with E-state index in [-0.39, 0.29) is 12.0 Å². The topological polar surface area (TPSA) is 74.2 Å². The summed E-state index contributed by atoms with van der Waals surface area (Å²) in [5.74, 6) is 1.09. The van der Waals surface area contributed by atoms with Crippen LogP contribution in [-0.2, 0) is 4.74 Å². The van der Waals surface area contributed by atoms with Crippen LogP contribution in [0.25, 0.3) is 11.5 Å². The second-order valence-corrected chi connectivity index (χ2v) is 5.00. The Morgan fingerprint density at radius 2 is 2.11 bits per heavy atom. The molecule has 0 fully saturated rings. The van der Waals surface area contributed by atoms with Gasteiger partial charge in [0.2, 0.25) is 5.82 Å². The van der Waals surface area contributed by atoms with Gasteiger partial charge in [-0.05, 0) is 24.1 Å². The molecule has 1 unspecified atom stereocenters. The van der Waals surface area contributed by atoms with Gasteiger partial charge in [-0.2, -0.15) is 4.98 Å². The summed E-state index contributed by atoms with van der Waals surface area (Å²) < 4.78 is 10.6.